The first-order valence-corrected chi connectivity index (χ1v) is 5.95. The van der Waals surface area contributed by atoms with Crippen molar-refractivity contribution in [1.82, 2.24) is 4.90 Å². The smallest absolute Gasteiger partial charge is 0.396 e. The first-order valence-electron chi connectivity index (χ1n) is 5.95. The highest BCUT2D eigenvalue weighted by molar-refractivity contribution is 6.32. The fourth-order valence-electron chi connectivity index (χ4n) is 2.34. The van der Waals surface area contributed by atoms with E-state index in [-0.39, 0.29) is 6.04 Å². The van der Waals surface area contributed by atoms with Gasteiger partial charge in [0.15, 0.2) is 0 Å². The molecule has 0 aromatic rings. The van der Waals surface area contributed by atoms with Crippen molar-refractivity contribution in [3.05, 3.63) is 0 Å². The van der Waals surface area contributed by atoms with Gasteiger partial charge in [-0.25, -0.2) is 4.79 Å². The van der Waals surface area contributed by atoms with E-state index < -0.39 is 11.9 Å². The van der Waals surface area contributed by atoms with Crippen LogP contribution in [0.5, 0.6) is 0 Å². The summed E-state index contributed by atoms with van der Waals surface area (Å²) in [5.41, 5.74) is 0. The molecular weight excluding hydrogens is 206 g/mol. The molecule has 0 heterocycles. The summed E-state index contributed by atoms with van der Waals surface area (Å²) >= 11 is 0. The maximum absolute atomic E-state index is 11.6. The fourth-order valence-corrected chi connectivity index (χ4v) is 2.34. The van der Waals surface area contributed by atoms with Crippen molar-refractivity contribution in [1.29, 1.82) is 0 Å². The minimum Gasteiger partial charge on any atom is -0.462 e. The van der Waals surface area contributed by atoms with Crippen LogP contribution in [0.4, 0.5) is 0 Å². The number of carbonyl (C=O) groups is 2. The van der Waals surface area contributed by atoms with Crippen molar-refractivity contribution < 1.29 is 14.3 Å². The molecule has 0 aromatic heterocycles. The van der Waals surface area contributed by atoms with Crippen molar-refractivity contribution in [2.24, 2.45) is 5.92 Å². The van der Waals surface area contributed by atoms with Gasteiger partial charge in [-0.3, -0.25) is 4.79 Å². The van der Waals surface area contributed by atoms with Crippen LogP contribution >= 0.6 is 0 Å². The van der Waals surface area contributed by atoms with E-state index in [1.165, 1.54) is 18.4 Å². The van der Waals surface area contributed by atoms with E-state index in [9.17, 15) is 9.59 Å². The molecule has 0 aromatic carbocycles. The molecule has 1 aliphatic rings. The van der Waals surface area contributed by atoms with Gasteiger partial charge < -0.3 is 9.64 Å². The molecule has 0 atom stereocenters. The normalized spacial score (nSPS) is 24.9. The van der Waals surface area contributed by atoms with E-state index in [4.69, 9.17) is 0 Å². The Morgan fingerprint density at radius 1 is 1.25 bits per heavy atom. The Morgan fingerprint density at radius 2 is 1.81 bits per heavy atom. The summed E-state index contributed by atoms with van der Waals surface area (Å²) in [4.78, 5) is 24.2. The van der Waals surface area contributed by atoms with Crippen LogP contribution in [0.1, 0.15) is 39.0 Å². The number of ether oxygens (including phenoxy) is 1. The quantitative estimate of drug-likeness (QED) is 0.531. The highest BCUT2D eigenvalue weighted by Crippen LogP contribution is 2.28. The van der Waals surface area contributed by atoms with Crippen LogP contribution in [0.15, 0.2) is 0 Å². The molecule has 0 bridgehead atoms. The predicted octanol–water partition coefficient (Wildman–Crippen LogP) is 1.59. The maximum Gasteiger partial charge on any atom is 0.396 e. The van der Waals surface area contributed by atoms with Gasteiger partial charge in [0.2, 0.25) is 0 Å². The molecule has 92 valence electrons. The lowest BCUT2D eigenvalue weighted by molar-refractivity contribution is -0.159. The monoisotopic (exact) mass is 227 g/mol. The van der Waals surface area contributed by atoms with Gasteiger partial charge in [-0.15, -0.1) is 0 Å². The van der Waals surface area contributed by atoms with Crippen LogP contribution < -0.4 is 0 Å². The van der Waals surface area contributed by atoms with Crippen LogP contribution in [-0.4, -0.2) is 37.0 Å². The average Bonchev–Trinajstić information content (AvgIpc) is 2.36. The predicted molar refractivity (Wildman–Crippen MR) is 60.8 cm³/mol. The zero-order valence-electron chi connectivity index (χ0n) is 10.4. The summed E-state index contributed by atoms with van der Waals surface area (Å²) in [6, 6.07) is 0.203. The number of carbonyl (C=O) groups excluding carboxylic acids is 2. The molecule has 0 radical (unpaired) electrons. The molecule has 0 saturated heterocycles. The second-order valence-electron chi connectivity index (χ2n) is 4.49. The summed E-state index contributed by atoms with van der Waals surface area (Å²) in [6.45, 7) is 2.20. The molecule has 4 heteroatoms. The lowest BCUT2D eigenvalue weighted by Gasteiger charge is -2.33. The molecule has 0 N–H and O–H groups in total. The molecule has 1 fully saturated rings. The van der Waals surface area contributed by atoms with Crippen LogP contribution in [-0.2, 0) is 14.3 Å². The molecular formula is C12H21NO3. The molecule has 1 rings (SSSR count). The summed E-state index contributed by atoms with van der Waals surface area (Å²) < 4.78 is 4.44. The van der Waals surface area contributed by atoms with Gasteiger partial charge in [0.25, 0.3) is 0 Å². The number of rotatable bonds is 2. The number of esters is 1. The molecule has 1 amide bonds. The Kier molecular flexibility index (Phi) is 4.77. The number of likely N-dealkylation sites (N-methyl/N-ethyl adjacent to an activating group) is 1. The van der Waals surface area contributed by atoms with Gasteiger partial charge in [-0.1, -0.05) is 13.3 Å². The van der Waals surface area contributed by atoms with E-state index in [0.717, 1.165) is 31.6 Å². The Hall–Kier alpha value is -1.06. The third-order valence-corrected chi connectivity index (χ3v) is 3.62. The first-order chi connectivity index (χ1) is 7.60. The zero-order valence-corrected chi connectivity index (χ0v) is 10.4. The number of hydrogen-bond donors (Lipinski definition) is 0. The van der Waals surface area contributed by atoms with Crippen LogP contribution in [0.2, 0.25) is 0 Å². The first kappa shape index (κ1) is 13.0. The van der Waals surface area contributed by atoms with E-state index in [1.54, 1.807) is 7.05 Å². The molecule has 0 unspecified atom stereocenters. The topological polar surface area (TPSA) is 46.6 Å². The van der Waals surface area contributed by atoms with Crippen LogP contribution in [0, 0.1) is 5.92 Å². The van der Waals surface area contributed by atoms with Crippen molar-refractivity contribution in [3.63, 3.8) is 0 Å². The second-order valence-corrected chi connectivity index (χ2v) is 4.49. The zero-order chi connectivity index (χ0) is 12.1. The second kappa shape index (κ2) is 5.87. The highest BCUT2D eigenvalue weighted by atomic mass is 16.5. The minimum absolute atomic E-state index is 0.203. The SMILES string of the molecule is CCC1CCC(N(C)C(=O)C(=O)OC)CC1. The van der Waals surface area contributed by atoms with Gasteiger partial charge in [-0.05, 0) is 31.6 Å². The van der Waals surface area contributed by atoms with E-state index in [1.807, 2.05) is 0 Å². The number of methoxy groups -OCH3 is 1. The van der Waals surface area contributed by atoms with Crippen molar-refractivity contribution in [2.75, 3.05) is 14.2 Å². The lowest BCUT2D eigenvalue weighted by Crippen LogP contribution is -2.43. The van der Waals surface area contributed by atoms with Crippen molar-refractivity contribution >= 4 is 11.9 Å². The van der Waals surface area contributed by atoms with Gasteiger partial charge in [0, 0.05) is 13.1 Å². The summed E-state index contributed by atoms with van der Waals surface area (Å²) in [5.74, 6) is -0.500. The van der Waals surface area contributed by atoms with Gasteiger partial charge in [0.1, 0.15) is 0 Å². The third kappa shape index (κ3) is 2.97. The maximum atomic E-state index is 11.6. The third-order valence-electron chi connectivity index (χ3n) is 3.62. The number of nitrogens with zero attached hydrogens (tertiary/aromatic N) is 1. The fraction of sp³-hybridized carbons (Fsp3) is 0.833. The Bertz CT molecular complexity index is 257. The average molecular weight is 227 g/mol. The number of hydrogen-bond acceptors (Lipinski definition) is 3. The molecule has 0 spiro atoms. The summed E-state index contributed by atoms with van der Waals surface area (Å²) in [7, 11) is 2.93. The highest BCUT2D eigenvalue weighted by Gasteiger charge is 2.29. The summed E-state index contributed by atoms with van der Waals surface area (Å²) in [6.07, 6.45) is 5.51. The minimum atomic E-state index is -0.764. The standard InChI is InChI=1S/C12H21NO3/c1-4-9-5-7-10(8-6-9)13(2)11(14)12(15)16-3/h9-10H,4-8H2,1-3H3. The lowest BCUT2D eigenvalue weighted by atomic mass is 9.84. The Labute approximate surface area is 96.9 Å². The molecule has 4 nitrogen and oxygen atoms in total. The Morgan fingerprint density at radius 3 is 2.25 bits per heavy atom. The number of amides is 1. The van der Waals surface area contributed by atoms with E-state index >= 15 is 0 Å². The van der Waals surface area contributed by atoms with Crippen LogP contribution in [0.25, 0.3) is 0 Å². The van der Waals surface area contributed by atoms with Gasteiger partial charge in [-0.2, -0.15) is 0 Å². The van der Waals surface area contributed by atoms with Crippen molar-refractivity contribution in [2.45, 2.75) is 45.1 Å². The molecule has 1 aliphatic carbocycles. The van der Waals surface area contributed by atoms with Crippen LogP contribution in [0.3, 0.4) is 0 Å². The Balaban J connectivity index is 2.47. The van der Waals surface area contributed by atoms with Gasteiger partial charge >= 0.3 is 11.9 Å². The van der Waals surface area contributed by atoms with E-state index in [2.05, 4.69) is 11.7 Å². The largest absolute Gasteiger partial charge is 0.462 e. The molecule has 16 heavy (non-hydrogen) atoms. The molecule has 0 aliphatic heterocycles. The molecule has 1 saturated carbocycles. The van der Waals surface area contributed by atoms with Crippen molar-refractivity contribution in [3.8, 4) is 0 Å². The van der Waals surface area contributed by atoms with Gasteiger partial charge in [0.05, 0.1) is 7.11 Å². The van der Waals surface area contributed by atoms with E-state index in [0.29, 0.717) is 0 Å². The summed E-state index contributed by atoms with van der Waals surface area (Å²) in [5, 5.41) is 0.